The Kier molecular flexibility index (Phi) is 2.45. The first kappa shape index (κ1) is 8.19. The molecule has 10 heavy (non-hydrogen) atoms. The zero-order valence-corrected chi connectivity index (χ0v) is 7.29. The summed E-state index contributed by atoms with van der Waals surface area (Å²) in [6.45, 7) is 0.159. The fourth-order valence-corrected chi connectivity index (χ4v) is 1.28. The van der Waals surface area contributed by atoms with Crippen molar-refractivity contribution in [2.75, 3.05) is 13.1 Å². The highest BCUT2D eigenvalue weighted by atomic mass is 127. The third-order valence-corrected chi connectivity index (χ3v) is 2.15. The summed E-state index contributed by atoms with van der Waals surface area (Å²) in [6, 6.07) is 0. The van der Waals surface area contributed by atoms with Crippen LogP contribution in [0.4, 0.5) is 9.18 Å². The van der Waals surface area contributed by atoms with Crippen molar-refractivity contribution < 1.29 is 14.3 Å². The van der Waals surface area contributed by atoms with Gasteiger partial charge in [-0.2, -0.15) is 0 Å². The summed E-state index contributed by atoms with van der Waals surface area (Å²) in [7, 11) is 0. The molecule has 0 aromatic rings. The predicted octanol–water partition coefficient (Wildman–Crippen LogP) is 0.556. The number of amides is 1. The maximum Gasteiger partial charge on any atom is 0.283 e. The minimum absolute atomic E-state index is 0.0307. The molecule has 0 spiro atoms. The number of carbonyl (C=O) groups excluding carboxylic acids is 1. The van der Waals surface area contributed by atoms with Crippen LogP contribution in [0.25, 0.3) is 0 Å². The molecular formula is C5H7FINO2. The smallest absolute Gasteiger partial charge is 0.283 e. The Bertz CT molecular complexity index is 145. The van der Waals surface area contributed by atoms with E-state index >= 15 is 0 Å². The number of hydrogen-bond acceptors (Lipinski definition) is 2. The molecule has 1 rings (SSSR count). The topological polar surface area (TPSA) is 40.5 Å². The molecule has 1 aliphatic rings. The molecular weight excluding hydrogens is 252 g/mol. The lowest BCUT2D eigenvalue weighted by Crippen LogP contribution is -2.23. The van der Waals surface area contributed by atoms with Gasteiger partial charge in [0.15, 0.2) is 0 Å². The van der Waals surface area contributed by atoms with Crippen LogP contribution in [-0.4, -0.2) is 39.3 Å². The molecule has 1 fully saturated rings. The highest BCUT2D eigenvalue weighted by Crippen LogP contribution is 2.15. The third kappa shape index (κ3) is 1.57. The van der Waals surface area contributed by atoms with Crippen molar-refractivity contribution in [1.82, 2.24) is 4.90 Å². The normalized spacial score (nSPS) is 32.9. The molecule has 0 aromatic heterocycles. The van der Waals surface area contributed by atoms with Gasteiger partial charge in [0, 0.05) is 22.6 Å². The van der Waals surface area contributed by atoms with Gasteiger partial charge in [-0.25, -0.2) is 4.39 Å². The highest BCUT2D eigenvalue weighted by molar-refractivity contribution is 14.1. The number of hydrogen-bond donors (Lipinski definition) is 1. The molecule has 0 aromatic carbocycles. The number of halogens is 2. The molecule has 58 valence electrons. The van der Waals surface area contributed by atoms with Crippen molar-refractivity contribution >= 4 is 26.5 Å². The number of aliphatic hydroxyl groups excluding tert-OH is 1. The van der Waals surface area contributed by atoms with E-state index in [0.717, 1.165) is 0 Å². The monoisotopic (exact) mass is 259 g/mol. The highest BCUT2D eigenvalue weighted by Gasteiger charge is 2.32. The minimum atomic E-state index is -1.27. The summed E-state index contributed by atoms with van der Waals surface area (Å²) in [5.41, 5.74) is 0. The molecule has 0 bridgehead atoms. The van der Waals surface area contributed by atoms with E-state index in [1.54, 1.807) is 22.6 Å². The molecule has 1 N–H and O–H groups in total. The zero-order chi connectivity index (χ0) is 7.72. The Balaban J connectivity index is 2.49. The van der Waals surface area contributed by atoms with Gasteiger partial charge in [0.1, 0.15) is 12.3 Å². The van der Waals surface area contributed by atoms with Gasteiger partial charge in [-0.05, 0) is 0 Å². The predicted molar refractivity (Wildman–Crippen MR) is 41.9 cm³/mol. The van der Waals surface area contributed by atoms with Crippen molar-refractivity contribution in [2.24, 2.45) is 0 Å². The van der Waals surface area contributed by atoms with E-state index in [1.165, 1.54) is 4.90 Å². The first-order valence-corrected chi connectivity index (χ1v) is 3.95. The van der Waals surface area contributed by atoms with E-state index in [0.29, 0.717) is 0 Å². The van der Waals surface area contributed by atoms with Crippen LogP contribution < -0.4 is 0 Å². The van der Waals surface area contributed by atoms with Crippen molar-refractivity contribution in [3.8, 4) is 0 Å². The largest absolute Gasteiger partial charge is 0.388 e. The molecule has 5 heteroatoms. The lowest BCUT2D eigenvalue weighted by Gasteiger charge is -2.08. The molecule has 0 unspecified atom stereocenters. The van der Waals surface area contributed by atoms with Crippen molar-refractivity contribution in [2.45, 2.75) is 12.3 Å². The van der Waals surface area contributed by atoms with Gasteiger partial charge in [-0.15, -0.1) is 0 Å². The van der Waals surface area contributed by atoms with Crippen LogP contribution in [0.5, 0.6) is 0 Å². The zero-order valence-electron chi connectivity index (χ0n) is 5.13. The molecule has 2 atom stereocenters. The van der Waals surface area contributed by atoms with Crippen LogP contribution in [0.2, 0.25) is 0 Å². The number of likely N-dealkylation sites (tertiary alicyclic amines) is 1. The SMILES string of the molecule is O=C(I)N1C[C@H](O)[C@@H](F)C1. The van der Waals surface area contributed by atoms with Crippen LogP contribution in [0.15, 0.2) is 0 Å². The van der Waals surface area contributed by atoms with Crippen molar-refractivity contribution in [1.29, 1.82) is 0 Å². The van der Waals surface area contributed by atoms with E-state index < -0.39 is 12.3 Å². The Morgan fingerprint density at radius 1 is 1.70 bits per heavy atom. The summed E-state index contributed by atoms with van der Waals surface area (Å²) in [5.74, 6) is 0. The molecule has 3 nitrogen and oxygen atoms in total. The van der Waals surface area contributed by atoms with Crippen molar-refractivity contribution in [3.63, 3.8) is 0 Å². The number of rotatable bonds is 0. The molecule has 0 saturated carbocycles. The summed E-state index contributed by atoms with van der Waals surface area (Å²) in [5, 5.41) is 8.84. The van der Waals surface area contributed by atoms with E-state index in [2.05, 4.69) is 0 Å². The first-order valence-electron chi connectivity index (χ1n) is 2.88. The second-order valence-corrected chi connectivity index (χ2v) is 3.16. The lowest BCUT2D eigenvalue weighted by molar-refractivity contribution is 0.116. The van der Waals surface area contributed by atoms with Crippen LogP contribution in [0.1, 0.15) is 0 Å². The maximum atomic E-state index is 12.5. The van der Waals surface area contributed by atoms with E-state index in [9.17, 15) is 9.18 Å². The fourth-order valence-electron chi connectivity index (χ4n) is 0.890. The van der Waals surface area contributed by atoms with Gasteiger partial charge in [0.25, 0.3) is 3.91 Å². The van der Waals surface area contributed by atoms with Crippen LogP contribution >= 0.6 is 22.6 Å². The van der Waals surface area contributed by atoms with Gasteiger partial charge in [-0.1, -0.05) is 0 Å². The Morgan fingerprint density at radius 2 is 2.30 bits per heavy atom. The number of nitrogens with zero attached hydrogens (tertiary/aromatic N) is 1. The Labute approximate surface area is 71.3 Å². The molecule has 1 saturated heterocycles. The fraction of sp³-hybridized carbons (Fsp3) is 0.800. The molecule has 0 radical (unpaired) electrons. The van der Waals surface area contributed by atoms with Crippen molar-refractivity contribution in [3.05, 3.63) is 0 Å². The Hall–Kier alpha value is 0.0900. The lowest BCUT2D eigenvalue weighted by atomic mass is 10.3. The van der Waals surface area contributed by atoms with E-state index in [-0.39, 0.29) is 17.0 Å². The second kappa shape index (κ2) is 3.00. The van der Waals surface area contributed by atoms with Gasteiger partial charge >= 0.3 is 0 Å². The summed E-state index contributed by atoms with van der Waals surface area (Å²) < 4.78 is 12.3. The van der Waals surface area contributed by atoms with Crippen LogP contribution in [0.3, 0.4) is 0 Å². The molecule has 1 aliphatic heterocycles. The summed E-state index contributed by atoms with van der Waals surface area (Å²) in [6.07, 6.45) is -2.25. The van der Waals surface area contributed by atoms with Crippen LogP contribution in [-0.2, 0) is 0 Å². The summed E-state index contributed by atoms with van der Waals surface area (Å²) >= 11 is 1.57. The van der Waals surface area contributed by atoms with E-state index in [4.69, 9.17) is 5.11 Å². The Morgan fingerprint density at radius 3 is 2.50 bits per heavy atom. The maximum absolute atomic E-state index is 12.5. The molecule has 0 aliphatic carbocycles. The quantitative estimate of drug-likeness (QED) is 0.392. The van der Waals surface area contributed by atoms with Gasteiger partial charge < -0.3 is 10.0 Å². The number of alkyl halides is 1. The summed E-state index contributed by atoms with van der Waals surface area (Å²) in [4.78, 5) is 11.9. The van der Waals surface area contributed by atoms with Gasteiger partial charge in [0.05, 0.1) is 13.1 Å². The second-order valence-electron chi connectivity index (χ2n) is 2.24. The van der Waals surface area contributed by atoms with Crippen LogP contribution in [0, 0.1) is 0 Å². The number of β-amino-alcohol motifs (C(OH)–C–C–N with tert-alkyl or cyclic N) is 1. The average molecular weight is 259 g/mol. The minimum Gasteiger partial charge on any atom is -0.388 e. The number of carbonyl (C=O) groups is 1. The van der Waals surface area contributed by atoms with E-state index in [1.807, 2.05) is 0 Å². The molecule has 1 amide bonds. The average Bonchev–Trinajstić information content (AvgIpc) is 2.13. The van der Waals surface area contributed by atoms with Gasteiger partial charge in [0.2, 0.25) is 0 Å². The molecule has 1 heterocycles. The third-order valence-electron chi connectivity index (χ3n) is 1.47. The standard InChI is InChI=1S/C5H7FINO2/c6-3-1-8(5(7)10)2-4(3)9/h3-4,9H,1-2H2/t3-,4-/m0/s1. The first-order chi connectivity index (χ1) is 4.61. The number of aliphatic hydroxyl groups is 1. The van der Waals surface area contributed by atoms with Gasteiger partial charge in [-0.3, -0.25) is 4.79 Å².